The fourth-order valence-corrected chi connectivity index (χ4v) is 8.04. The van der Waals surface area contributed by atoms with E-state index in [0.29, 0.717) is 0 Å². The van der Waals surface area contributed by atoms with Gasteiger partial charge in [-0.1, -0.05) is 88.4 Å². The Kier molecular flexibility index (Phi) is 6.02. The lowest BCUT2D eigenvalue weighted by molar-refractivity contribution is 0.102. The third kappa shape index (κ3) is 3.64. The van der Waals surface area contributed by atoms with Gasteiger partial charge in [-0.3, -0.25) is 0 Å². The van der Waals surface area contributed by atoms with Crippen LogP contribution in [-0.4, -0.2) is 26.1 Å². The van der Waals surface area contributed by atoms with E-state index < -0.39 is 8.32 Å². The van der Waals surface area contributed by atoms with Crippen LogP contribution in [-0.2, 0) is 4.43 Å². The Hall–Kier alpha value is -1.42. The maximum Gasteiger partial charge on any atom is 0.261 e. The first-order valence-corrected chi connectivity index (χ1v) is 10.6. The summed E-state index contributed by atoms with van der Waals surface area (Å²) in [5, 5.41) is 12.1. The molecule has 2 atom stereocenters. The molecule has 2 nitrogen and oxygen atoms in total. The summed E-state index contributed by atoms with van der Waals surface area (Å²) in [5.74, 6) is 0.103. The molecule has 0 radical (unpaired) electrons. The maximum atomic E-state index is 9.58. The van der Waals surface area contributed by atoms with Gasteiger partial charge in [0.1, 0.15) is 0 Å². The molecule has 0 aromatic heterocycles. The van der Waals surface area contributed by atoms with Crippen LogP contribution < -0.4 is 10.4 Å². The molecule has 0 spiro atoms. The summed E-state index contributed by atoms with van der Waals surface area (Å²) in [5.41, 5.74) is 0. The average molecular weight is 343 g/mol. The SMILES string of the molecule is CC(O[Si](c1ccccc1)(c1ccccc1)C(C)(C)C)[C@H](C)CO. The van der Waals surface area contributed by atoms with E-state index in [1.165, 1.54) is 10.4 Å². The molecule has 2 aromatic rings. The third-order valence-electron chi connectivity index (χ3n) is 4.87. The van der Waals surface area contributed by atoms with E-state index in [9.17, 15) is 5.11 Å². The van der Waals surface area contributed by atoms with Crippen molar-refractivity contribution in [2.75, 3.05) is 6.61 Å². The molecule has 0 bridgehead atoms. The number of rotatable bonds is 6. The Morgan fingerprint density at radius 1 is 0.875 bits per heavy atom. The quantitative estimate of drug-likeness (QED) is 0.813. The normalized spacial score (nSPS) is 15.1. The highest BCUT2D eigenvalue weighted by atomic mass is 28.4. The predicted octanol–water partition coefficient (Wildman–Crippen LogP) is 3.58. The Balaban J connectivity index is 2.66. The zero-order valence-corrected chi connectivity index (χ0v) is 16.5. The van der Waals surface area contributed by atoms with Crippen LogP contribution in [0.15, 0.2) is 60.7 Å². The van der Waals surface area contributed by atoms with E-state index in [0.717, 1.165) is 0 Å². The van der Waals surface area contributed by atoms with E-state index in [-0.39, 0.29) is 23.7 Å². The molecular weight excluding hydrogens is 312 g/mol. The van der Waals surface area contributed by atoms with Gasteiger partial charge in [0.05, 0.1) is 0 Å². The van der Waals surface area contributed by atoms with E-state index in [1.807, 2.05) is 6.92 Å². The van der Waals surface area contributed by atoms with Crippen molar-refractivity contribution in [1.82, 2.24) is 0 Å². The fraction of sp³-hybridized carbons (Fsp3) is 0.429. The second-order valence-corrected chi connectivity index (χ2v) is 11.9. The van der Waals surface area contributed by atoms with Crippen molar-refractivity contribution in [3.05, 3.63) is 60.7 Å². The molecule has 24 heavy (non-hydrogen) atoms. The Labute approximate surface area is 147 Å². The van der Waals surface area contributed by atoms with Crippen LogP contribution in [0, 0.1) is 5.92 Å². The number of hydrogen-bond acceptors (Lipinski definition) is 2. The van der Waals surface area contributed by atoms with Crippen molar-refractivity contribution in [3.8, 4) is 0 Å². The maximum absolute atomic E-state index is 9.58. The molecule has 130 valence electrons. The largest absolute Gasteiger partial charge is 0.404 e. The van der Waals surface area contributed by atoms with Crippen molar-refractivity contribution in [1.29, 1.82) is 0 Å². The zero-order chi connectivity index (χ0) is 17.8. The molecule has 3 heteroatoms. The van der Waals surface area contributed by atoms with Gasteiger partial charge in [-0.15, -0.1) is 0 Å². The summed E-state index contributed by atoms with van der Waals surface area (Å²) in [4.78, 5) is 0. The van der Waals surface area contributed by atoms with Gasteiger partial charge < -0.3 is 9.53 Å². The second kappa shape index (κ2) is 7.64. The smallest absolute Gasteiger partial charge is 0.261 e. The van der Waals surface area contributed by atoms with Gasteiger partial charge in [-0.05, 0) is 22.3 Å². The molecule has 2 aromatic carbocycles. The Morgan fingerprint density at radius 3 is 1.62 bits per heavy atom. The fourth-order valence-electron chi connectivity index (χ4n) is 3.23. The molecule has 0 aliphatic carbocycles. The second-order valence-electron chi connectivity index (χ2n) is 7.65. The third-order valence-corrected chi connectivity index (χ3v) is 10.00. The number of benzene rings is 2. The summed E-state index contributed by atoms with van der Waals surface area (Å²) in [7, 11) is -2.50. The van der Waals surface area contributed by atoms with Crippen LogP contribution in [0.5, 0.6) is 0 Å². The highest BCUT2D eigenvalue weighted by Crippen LogP contribution is 2.38. The minimum absolute atomic E-state index is 0.0127. The molecule has 1 N–H and O–H groups in total. The molecule has 0 aliphatic rings. The monoisotopic (exact) mass is 342 g/mol. The lowest BCUT2D eigenvalue weighted by Crippen LogP contribution is -2.68. The van der Waals surface area contributed by atoms with Gasteiger partial charge in [-0.2, -0.15) is 0 Å². The van der Waals surface area contributed by atoms with E-state index in [4.69, 9.17) is 4.43 Å². The Bertz CT molecular complexity index is 580. The van der Waals surface area contributed by atoms with Gasteiger partial charge in [0.2, 0.25) is 0 Å². The summed E-state index contributed by atoms with van der Waals surface area (Å²) in [6, 6.07) is 21.3. The molecule has 0 amide bonds. The molecule has 0 saturated carbocycles. The van der Waals surface area contributed by atoms with Crippen LogP contribution in [0.25, 0.3) is 0 Å². The van der Waals surface area contributed by atoms with Crippen molar-refractivity contribution < 1.29 is 9.53 Å². The highest BCUT2D eigenvalue weighted by molar-refractivity contribution is 6.99. The molecule has 0 aliphatic heterocycles. The van der Waals surface area contributed by atoms with Crippen LogP contribution in [0.2, 0.25) is 5.04 Å². The van der Waals surface area contributed by atoms with Crippen LogP contribution >= 0.6 is 0 Å². The first-order chi connectivity index (χ1) is 11.3. The standard InChI is InChI=1S/C21H30O2Si/c1-17(16-22)18(2)23-24(21(3,4)5,19-12-8-6-9-13-19)20-14-10-7-11-15-20/h6-15,17-18,22H,16H2,1-5H3/t17-,18?/m1/s1. The lowest BCUT2D eigenvalue weighted by atomic mass is 10.1. The molecule has 0 fully saturated rings. The summed E-state index contributed by atoms with van der Waals surface area (Å²) in [6.45, 7) is 11.1. The first-order valence-electron chi connectivity index (χ1n) is 8.72. The van der Waals surface area contributed by atoms with Crippen LogP contribution in [0.4, 0.5) is 0 Å². The van der Waals surface area contributed by atoms with Gasteiger partial charge >= 0.3 is 0 Å². The van der Waals surface area contributed by atoms with Crippen molar-refractivity contribution in [3.63, 3.8) is 0 Å². The summed E-state index contributed by atoms with van der Waals surface area (Å²) >= 11 is 0. The highest BCUT2D eigenvalue weighted by Gasteiger charge is 2.51. The van der Waals surface area contributed by atoms with Crippen molar-refractivity contribution in [2.45, 2.75) is 45.8 Å². The molecule has 1 unspecified atom stereocenters. The number of hydrogen-bond donors (Lipinski definition) is 1. The molecular formula is C21H30O2Si. The minimum atomic E-state index is -2.50. The van der Waals surface area contributed by atoms with E-state index >= 15 is 0 Å². The van der Waals surface area contributed by atoms with Gasteiger partial charge in [0, 0.05) is 18.6 Å². The minimum Gasteiger partial charge on any atom is -0.404 e. The molecule has 0 saturated heterocycles. The lowest BCUT2D eigenvalue weighted by Gasteiger charge is -2.45. The first kappa shape index (κ1) is 18.9. The van der Waals surface area contributed by atoms with Crippen molar-refractivity contribution >= 4 is 18.7 Å². The summed E-state index contributed by atoms with van der Waals surface area (Å²) in [6.07, 6.45) is -0.0127. The van der Waals surface area contributed by atoms with Crippen LogP contribution in [0.1, 0.15) is 34.6 Å². The Morgan fingerprint density at radius 2 is 1.29 bits per heavy atom. The average Bonchev–Trinajstić information content (AvgIpc) is 2.59. The predicted molar refractivity (Wildman–Crippen MR) is 104 cm³/mol. The molecule has 2 rings (SSSR count). The van der Waals surface area contributed by atoms with Gasteiger partial charge in [0.25, 0.3) is 8.32 Å². The number of aliphatic hydroxyl groups is 1. The molecule has 0 heterocycles. The van der Waals surface area contributed by atoms with Crippen LogP contribution in [0.3, 0.4) is 0 Å². The van der Waals surface area contributed by atoms with Crippen molar-refractivity contribution in [2.24, 2.45) is 5.92 Å². The number of aliphatic hydroxyl groups excluding tert-OH is 1. The topological polar surface area (TPSA) is 29.5 Å². The zero-order valence-electron chi connectivity index (χ0n) is 15.5. The van der Waals surface area contributed by atoms with E-state index in [2.05, 4.69) is 88.4 Å². The summed E-state index contributed by atoms with van der Waals surface area (Å²) < 4.78 is 6.91. The van der Waals surface area contributed by atoms with Gasteiger partial charge in [-0.25, -0.2) is 0 Å². The van der Waals surface area contributed by atoms with Gasteiger partial charge in [0.15, 0.2) is 0 Å². The van der Waals surface area contributed by atoms with E-state index in [1.54, 1.807) is 0 Å².